The van der Waals surface area contributed by atoms with Gasteiger partial charge in [0.2, 0.25) is 0 Å². The lowest BCUT2D eigenvalue weighted by molar-refractivity contribution is -0.384. The first kappa shape index (κ1) is 18.6. The Bertz CT molecular complexity index is 919. The largest absolute Gasteiger partial charge is 0.492 e. The number of benzene rings is 2. The fraction of sp³-hybridized carbons (Fsp3) is 0.250. The monoisotopic (exact) mass is 366 g/mol. The quantitative estimate of drug-likeness (QED) is 0.375. The van der Waals surface area contributed by atoms with E-state index in [1.54, 1.807) is 16.8 Å². The molecule has 140 valence electrons. The van der Waals surface area contributed by atoms with Crippen LogP contribution in [0, 0.1) is 17.0 Å². The standard InChI is InChI=1S/C20H22N4O3/c1-15-4-3-5-19(12-15)27-11-10-21-13-17-14-23(2)22-20(17)16-6-8-18(9-7-16)24(25)26/h3-9,12,14,21H,10-11,13H2,1-2H3. The van der Waals surface area contributed by atoms with E-state index in [4.69, 9.17) is 4.74 Å². The molecule has 7 nitrogen and oxygen atoms in total. The highest BCUT2D eigenvalue weighted by Gasteiger charge is 2.12. The first-order chi connectivity index (χ1) is 13.0. The Morgan fingerprint density at radius 2 is 2.00 bits per heavy atom. The van der Waals surface area contributed by atoms with Gasteiger partial charge < -0.3 is 10.1 Å². The summed E-state index contributed by atoms with van der Waals surface area (Å²) in [5, 5.41) is 18.6. The van der Waals surface area contributed by atoms with Gasteiger partial charge in [-0.25, -0.2) is 0 Å². The van der Waals surface area contributed by atoms with Crippen molar-refractivity contribution in [1.82, 2.24) is 15.1 Å². The number of rotatable bonds is 8. The summed E-state index contributed by atoms with van der Waals surface area (Å²) in [5.74, 6) is 0.866. The molecule has 0 amide bonds. The lowest BCUT2D eigenvalue weighted by Gasteiger charge is -2.08. The van der Waals surface area contributed by atoms with Crippen LogP contribution in [0.25, 0.3) is 11.3 Å². The van der Waals surface area contributed by atoms with E-state index < -0.39 is 4.92 Å². The number of ether oxygens (including phenoxy) is 1. The molecule has 27 heavy (non-hydrogen) atoms. The van der Waals surface area contributed by atoms with E-state index in [-0.39, 0.29) is 5.69 Å². The predicted molar refractivity (Wildman–Crippen MR) is 104 cm³/mol. The highest BCUT2D eigenvalue weighted by Crippen LogP contribution is 2.24. The van der Waals surface area contributed by atoms with Gasteiger partial charge in [0.05, 0.1) is 10.6 Å². The van der Waals surface area contributed by atoms with Crippen molar-refractivity contribution in [2.45, 2.75) is 13.5 Å². The van der Waals surface area contributed by atoms with Crippen molar-refractivity contribution in [2.75, 3.05) is 13.2 Å². The fourth-order valence-electron chi connectivity index (χ4n) is 2.82. The van der Waals surface area contributed by atoms with E-state index >= 15 is 0 Å². The van der Waals surface area contributed by atoms with Crippen molar-refractivity contribution in [3.05, 3.63) is 76.0 Å². The second kappa shape index (κ2) is 8.46. The summed E-state index contributed by atoms with van der Waals surface area (Å²) < 4.78 is 7.48. The Balaban J connectivity index is 1.57. The maximum absolute atomic E-state index is 10.8. The Labute approximate surface area is 157 Å². The number of nitrogens with zero attached hydrogens (tertiary/aromatic N) is 3. The molecule has 3 aromatic rings. The van der Waals surface area contributed by atoms with Gasteiger partial charge in [0.15, 0.2) is 0 Å². The number of nitrogens with one attached hydrogen (secondary N) is 1. The van der Waals surface area contributed by atoms with Gasteiger partial charge in [0.25, 0.3) is 5.69 Å². The summed E-state index contributed by atoms with van der Waals surface area (Å²) in [5.41, 5.74) is 3.95. The number of hydrogen-bond acceptors (Lipinski definition) is 5. The Hall–Kier alpha value is -3.19. The van der Waals surface area contributed by atoms with Crippen molar-refractivity contribution >= 4 is 5.69 Å². The zero-order chi connectivity index (χ0) is 19.2. The average molecular weight is 366 g/mol. The van der Waals surface area contributed by atoms with Crippen molar-refractivity contribution in [3.63, 3.8) is 0 Å². The normalized spacial score (nSPS) is 10.7. The van der Waals surface area contributed by atoms with Crippen molar-refractivity contribution in [2.24, 2.45) is 7.05 Å². The predicted octanol–water partition coefficient (Wildman–Crippen LogP) is 3.47. The zero-order valence-electron chi connectivity index (χ0n) is 15.4. The minimum atomic E-state index is -0.404. The fourth-order valence-corrected chi connectivity index (χ4v) is 2.82. The van der Waals surface area contributed by atoms with Crippen LogP contribution in [0.4, 0.5) is 5.69 Å². The molecule has 0 spiro atoms. The van der Waals surface area contributed by atoms with Crippen LogP contribution in [0.2, 0.25) is 0 Å². The SMILES string of the molecule is Cc1cccc(OCCNCc2cn(C)nc2-c2ccc([N+](=O)[O-])cc2)c1. The third-order valence-electron chi connectivity index (χ3n) is 4.11. The first-order valence-electron chi connectivity index (χ1n) is 8.70. The van der Waals surface area contributed by atoms with Crippen molar-refractivity contribution in [1.29, 1.82) is 0 Å². The van der Waals surface area contributed by atoms with Crippen LogP contribution >= 0.6 is 0 Å². The number of hydrogen-bond donors (Lipinski definition) is 1. The lowest BCUT2D eigenvalue weighted by atomic mass is 10.1. The van der Waals surface area contributed by atoms with Crippen LogP contribution in [0.1, 0.15) is 11.1 Å². The summed E-state index contributed by atoms with van der Waals surface area (Å²) in [6, 6.07) is 14.4. The number of non-ortho nitro benzene ring substituents is 1. The van der Waals surface area contributed by atoms with Crippen molar-refractivity contribution in [3.8, 4) is 17.0 Å². The Morgan fingerprint density at radius 3 is 2.70 bits per heavy atom. The number of nitro groups is 1. The molecule has 0 bridgehead atoms. The molecule has 0 saturated carbocycles. The molecule has 0 aliphatic heterocycles. The first-order valence-corrected chi connectivity index (χ1v) is 8.70. The Kier molecular flexibility index (Phi) is 5.83. The van der Waals surface area contributed by atoms with Crippen molar-refractivity contribution < 1.29 is 9.66 Å². The number of aryl methyl sites for hydroxylation is 2. The van der Waals surface area contributed by atoms with Crippen LogP contribution < -0.4 is 10.1 Å². The number of aromatic nitrogens is 2. The minimum absolute atomic E-state index is 0.0719. The van der Waals surface area contributed by atoms with E-state index in [0.29, 0.717) is 19.7 Å². The minimum Gasteiger partial charge on any atom is -0.492 e. The van der Waals surface area contributed by atoms with Gasteiger partial charge in [-0.15, -0.1) is 0 Å². The smallest absolute Gasteiger partial charge is 0.269 e. The molecule has 0 aliphatic carbocycles. The van der Waals surface area contributed by atoms with Crippen LogP contribution in [0.15, 0.2) is 54.7 Å². The third-order valence-corrected chi connectivity index (χ3v) is 4.11. The average Bonchev–Trinajstić information content (AvgIpc) is 3.02. The molecule has 2 aromatic carbocycles. The molecule has 0 unspecified atom stereocenters. The van der Waals surface area contributed by atoms with E-state index in [2.05, 4.69) is 10.4 Å². The molecular formula is C20H22N4O3. The molecule has 1 aromatic heterocycles. The highest BCUT2D eigenvalue weighted by atomic mass is 16.6. The maximum Gasteiger partial charge on any atom is 0.269 e. The van der Waals surface area contributed by atoms with Gasteiger partial charge in [0.1, 0.15) is 12.4 Å². The van der Waals surface area contributed by atoms with Gasteiger partial charge in [-0.2, -0.15) is 5.10 Å². The van der Waals surface area contributed by atoms with Gasteiger partial charge >= 0.3 is 0 Å². The second-order valence-electron chi connectivity index (χ2n) is 6.32. The summed E-state index contributed by atoms with van der Waals surface area (Å²) in [6.07, 6.45) is 1.95. The van der Waals surface area contributed by atoms with Crippen LogP contribution in [0.3, 0.4) is 0 Å². The molecule has 0 atom stereocenters. The summed E-state index contributed by atoms with van der Waals surface area (Å²) in [6.45, 7) is 3.93. The summed E-state index contributed by atoms with van der Waals surface area (Å²) >= 11 is 0. The molecule has 0 aliphatic rings. The topological polar surface area (TPSA) is 82.2 Å². The highest BCUT2D eigenvalue weighted by molar-refractivity contribution is 5.64. The molecule has 0 fully saturated rings. The van der Waals surface area contributed by atoms with E-state index in [0.717, 1.165) is 22.6 Å². The van der Waals surface area contributed by atoms with Crippen LogP contribution in [-0.4, -0.2) is 27.9 Å². The van der Waals surface area contributed by atoms with E-state index in [1.807, 2.05) is 44.4 Å². The van der Waals surface area contributed by atoms with Gasteiger partial charge in [-0.3, -0.25) is 14.8 Å². The maximum atomic E-state index is 10.8. The van der Waals surface area contributed by atoms with E-state index in [9.17, 15) is 10.1 Å². The zero-order valence-corrected chi connectivity index (χ0v) is 15.4. The second-order valence-corrected chi connectivity index (χ2v) is 6.32. The molecule has 0 radical (unpaired) electrons. The van der Waals surface area contributed by atoms with Gasteiger partial charge in [0, 0.05) is 49.6 Å². The van der Waals surface area contributed by atoms with Crippen LogP contribution in [-0.2, 0) is 13.6 Å². The molecule has 7 heteroatoms. The van der Waals surface area contributed by atoms with Gasteiger partial charge in [-0.1, -0.05) is 12.1 Å². The van der Waals surface area contributed by atoms with Gasteiger partial charge in [-0.05, 0) is 36.8 Å². The molecular weight excluding hydrogens is 344 g/mol. The van der Waals surface area contributed by atoms with E-state index in [1.165, 1.54) is 17.7 Å². The molecule has 3 rings (SSSR count). The lowest BCUT2D eigenvalue weighted by Crippen LogP contribution is -2.20. The number of nitro benzene ring substituents is 1. The molecule has 1 heterocycles. The third kappa shape index (κ3) is 4.92. The molecule has 1 N–H and O–H groups in total. The van der Waals surface area contributed by atoms with Crippen LogP contribution in [0.5, 0.6) is 5.75 Å². The summed E-state index contributed by atoms with van der Waals surface area (Å²) in [4.78, 5) is 10.4. The molecule has 0 saturated heterocycles. The Morgan fingerprint density at radius 1 is 1.22 bits per heavy atom. The summed E-state index contributed by atoms with van der Waals surface area (Å²) in [7, 11) is 1.86.